The van der Waals surface area contributed by atoms with Gasteiger partial charge < -0.3 is 14.3 Å². The third-order valence-electron chi connectivity index (χ3n) is 6.20. The number of rotatable bonds is 14. The Morgan fingerprint density at radius 2 is 0.906 bits per heavy atom. The van der Waals surface area contributed by atoms with Crippen LogP contribution in [0, 0.1) is 0 Å². The summed E-state index contributed by atoms with van der Waals surface area (Å²) in [6.45, 7) is 0.437. The maximum Gasteiger partial charge on any atom is 0.327 e. The van der Waals surface area contributed by atoms with E-state index < -0.39 is 8.60 Å². The molecule has 0 heterocycles. The Morgan fingerprint density at radius 3 is 1.31 bits per heavy atom. The molecule has 0 atom stereocenters. The van der Waals surface area contributed by atoms with Gasteiger partial charge in [-0.2, -0.15) is 0 Å². The summed E-state index contributed by atoms with van der Waals surface area (Å²) in [6, 6.07) is 32.8. The van der Waals surface area contributed by atoms with Crippen molar-refractivity contribution in [2.75, 3.05) is 6.61 Å². The molecule has 0 bridgehead atoms. The molecule has 0 fully saturated rings. The zero-order valence-electron chi connectivity index (χ0n) is 18.8. The SMILES string of the molecule is OP(O)OCCCCCCCCCC(c1ccccc1)(c1ccccc1)c1ccccc1. The molecule has 3 aromatic carbocycles. The maximum atomic E-state index is 8.76. The molecule has 3 aromatic rings. The van der Waals surface area contributed by atoms with Crippen LogP contribution in [-0.2, 0) is 9.94 Å². The molecule has 32 heavy (non-hydrogen) atoms. The van der Waals surface area contributed by atoms with Crippen molar-refractivity contribution in [3.63, 3.8) is 0 Å². The summed E-state index contributed by atoms with van der Waals surface area (Å²) >= 11 is 0. The topological polar surface area (TPSA) is 49.7 Å². The van der Waals surface area contributed by atoms with E-state index in [9.17, 15) is 0 Å². The van der Waals surface area contributed by atoms with E-state index >= 15 is 0 Å². The summed E-state index contributed by atoms with van der Waals surface area (Å²) in [4.78, 5) is 17.5. The number of hydrogen-bond donors (Lipinski definition) is 2. The molecule has 0 aliphatic heterocycles. The quantitative estimate of drug-likeness (QED) is 0.153. The van der Waals surface area contributed by atoms with Gasteiger partial charge in [-0.15, -0.1) is 0 Å². The van der Waals surface area contributed by atoms with Gasteiger partial charge in [0.25, 0.3) is 0 Å². The van der Waals surface area contributed by atoms with Gasteiger partial charge in [0.2, 0.25) is 0 Å². The summed E-state index contributed by atoms with van der Waals surface area (Å²) in [5.74, 6) is 0. The summed E-state index contributed by atoms with van der Waals surface area (Å²) in [5, 5.41) is 0. The molecule has 0 amide bonds. The van der Waals surface area contributed by atoms with Crippen LogP contribution in [0.3, 0.4) is 0 Å². The minimum absolute atomic E-state index is 0.145. The lowest BCUT2D eigenvalue weighted by Crippen LogP contribution is -2.29. The van der Waals surface area contributed by atoms with Crippen molar-refractivity contribution in [1.29, 1.82) is 0 Å². The van der Waals surface area contributed by atoms with Crippen molar-refractivity contribution in [2.24, 2.45) is 0 Å². The number of hydrogen-bond acceptors (Lipinski definition) is 3. The van der Waals surface area contributed by atoms with Gasteiger partial charge >= 0.3 is 8.60 Å². The van der Waals surface area contributed by atoms with Gasteiger partial charge in [0.1, 0.15) is 0 Å². The van der Waals surface area contributed by atoms with Gasteiger partial charge in [-0.3, -0.25) is 0 Å². The Bertz CT molecular complexity index is 772. The first-order chi connectivity index (χ1) is 15.7. The first kappa shape index (κ1) is 24.6. The zero-order valence-corrected chi connectivity index (χ0v) is 19.7. The summed E-state index contributed by atoms with van der Waals surface area (Å²) in [7, 11) is -2.20. The van der Waals surface area contributed by atoms with Crippen LogP contribution in [0.2, 0.25) is 0 Å². The maximum absolute atomic E-state index is 8.76. The van der Waals surface area contributed by atoms with Crippen LogP contribution in [0.4, 0.5) is 0 Å². The number of benzene rings is 3. The molecule has 0 spiro atoms. The van der Waals surface area contributed by atoms with Crippen LogP contribution in [0.15, 0.2) is 91.0 Å². The van der Waals surface area contributed by atoms with E-state index in [1.165, 1.54) is 48.8 Å². The van der Waals surface area contributed by atoms with Gasteiger partial charge in [-0.25, -0.2) is 0 Å². The molecule has 0 saturated heterocycles. The Balaban J connectivity index is 1.65. The molecule has 0 aromatic heterocycles. The Hall–Kier alpha value is -2.03. The van der Waals surface area contributed by atoms with E-state index in [1.807, 2.05) is 0 Å². The Labute approximate surface area is 194 Å². The van der Waals surface area contributed by atoms with Crippen molar-refractivity contribution in [3.8, 4) is 0 Å². The average molecular weight is 451 g/mol. The van der Waals surface area contributed by atoms with E-state index in [-0.39, 0.29) is 5.41 Å². The molecule has 4 heteroatoms. The molecule has 0 radical (unpaired) electrons. The molecule has 3 nitrogen and oxygen atoms in total. The van der Waals surface area contributed by atoms with E-state index in [4.69, 9.17) is 14.3 Å². The lowest BCUT2D eigenvalue weighted by atomic mass is 9.66. The van der Waals surface area contributed by atoms with Crippen molar-refractivity contribution in [1.82, 2.24) is 0 Å². The molecule has 0 saturated carbocycles. The molecule has 170 valence electrons. The summed E-state index contributed by atoms with van der Waals surface area (Å²) in [6.07, 6.45) is 9.02. The second-order valence-corrected chi connectivity index (χ2v) is 9.08. The second-order valence-electron chi connectivity index (χ2n) is 8.31. The first-order valence-corrected chi connectivity index (χ1v) is 12.9. The van der Waals surface area contributed by atoms with E-state index in [2.05, 4.69) is 91.0 Å². The van der Waals surface area contributed by atoms with Crippen molar-refractivity contribution in [3.05, 3.63) is 108 Å². The average Bonchev–Trinajstić information content (AvgIpc) is 2.84. The molecule has 2 N–H and O–H groups in total. The number of unbranched alkanes of at least 4 members (excludes halogenated alkanes) is 6. The normalized spacial score (nSPS) is 11.7. The Kier molecular flexibility index (Phi) is 10.4. The highest BCUT2D eigenvalue weighted by Crippen LogP contribution is 2.43. The lowest BCUT2D eigenvalue weighted by molar-refractivity contribution is 0.248. The third kappa shape index (κ3) is 6.98. The van der Waals surface area contributed by atoms with Gasteiger partial charge in [-0.05, 0) is 29.5 Å². The fourth-order valence-electron chi connectivity index (χ4n) is 4.62. The van der Waals surface area contributed by atoms with Crippen LogP contribution in [-0.4, -0.2) is 16.4 Å². The first-order valence-electron chi connectivity index (χ1n) is 11.7. The van der Waals surface area contributed by atoms with Crippen LogP contribution < -0.4 is 0 Å². The molecule has 0 aliphatic carbocycles. The predicted octanol–water partition coefficient (Wildman–Crippen LogP) is 7.37. The molecule has 0 aliphatic rings. The third-order valence-corrected chi connectivity index (χ3v) is 6.62. The fourth-order valence-corrected chi connectivity index (χ4v) is 4.92. The highest BCUT2D eigenvalue weighted by atomic mass is 31.2. The van der Waals surface area contributed by atoms with E-state index in [1.54, 1.807) is 0 Å². The van der Waals surface area contributed by atoms with Crippen molar-refractivity contribution >= 4 is 8.60 Å². The largest absolute Gasteiger partial charge is 0.328 e. The standard InChI is InChI=1S/C28H35O3P/c29-32(30)31-24-16-5-3-1-2-4-15-23-28(25-17-9-6-10-18-25,26-19-11-7-12-20-26)27-21-13-8-14-22-27/h6-14,17-22,29-30H,1-5,15-16,23-24H2. The summed E-state index contributed by atoms with van der Waals surface area (Å²) in [5.41, 5.74) is 3.91. The fraction of sp³-hybridized carbons (Fsp3) is 0.357. The Morgan fingerprint density at radius 1 is 0.531 bits per heavy atom. The minimum Gasteiger partial charge on any atom is -0.328 e. The second kappa shape index (κ2) is 13.5. The predicted molar refractivity (Wildman–Crippen MR) is 133 cm³/mol. The van der Waals surface area contributed by atoms with Crippen molar-refractivity contribution < 1.29 is 14.3 Å². The van der Waals surface area contributed by atoms with Gasteiger partial charge in [-0.1, -0.05) is 130 Å². The highest BCUT2D eigenvalue weighted by Gasteiger charge is 2.35. The van der Waals surface area contributed by atoms with Gasteiger partial charge in [0.15, 0.2) is 0 Å². The monoisotopic (exact) mass is 450 g/mol. The van der Waals surface area contributed by atoms with Crippen LogP contribution in [0.1, 0.15) is 68.1 Å². The van der Waals surface area contributed by atoms with Crippen LogP contribution >= 0.6 is 8.60 Å². The lowest BCUT2D eigenvalue weighted by Gasteiger charge is -2.36. The minimum atomic E-state index is -2.20. The molecule has 3 rings (SSSR count). The molecular formula is C28H35O3P. The van der Waals surface area contributed by atoms with Crippen molar-refractivity contribution in [2.45, 2.75) is 56.8 Å². The molecule has 0 unspecified atom stereocenters. The van der Waals surface area contributed by atoms with Gasteiger partial charge in [0, 0.05) is 5.41 Å². The molecular weight excluding hydrogens is 415 g/mol. The highest BCUT2D eigenvalue weighted by molar-refractivity contribution is 7.39. The smallest absolute Gasteiger partial charge is 0.327 e. The van der Waals surface area contributed by atoms with Crippen LogP contribution in [0.25, 0.3) is 0 Å². The summed E-state index contributed by atoms with van der Waals surface area (Å²) < 4.78 is 4.83. The van der Waals surface area contributed by atoms with E-state index in [0.29, 0.717) is 6.61 Å². The zero-order chi connectivity index (χ0) is 22.5. The van der Waals surface area contributed by atoms with E-state index in [0.717, 1.165) is 19.3 Å². The van der Waals surface area contributed by atoms with Gasteiger partial charge in [0.05, 0.1) is 6.61 Å². The van der Waals surface area contributed by atoms with Crippen LogP contribution in [0.5, 0.6) is 0 Å².